The number of hydrogen-bond donors (Lipinski definition) is 1. The fraction of sp³-hybridized carbons (Fsp3) is 0.560. The molecule has 0 bridgehead atoms. The molecule has 1 saturated carbocycles. The van der Waals surface area contributed by atoms with Gasteiger partial charge >= 0.3 is 5.97 Å². The maximum atomic E-state index is 12.2. The molecule has 1 saturated heterocycles. The van der Waals surface area contributed by atoms with Gasteiger partial charge in [-0.15, -0.1) is 0 Å². The molecule has 8 nitrogen and oxygen atoms in total. The predicted molar refractivity (Wildman–Crippen MR) is 124 cm³/mol. The lowest BCUT2D eigenvalue weighted by Gasteiger charge is -2.31. The van der Waals surface area contributed by atoms with E-state index in [1.807, 2.05) is 32.0 Å². The molecule has 0 atom stereocenters. The van der Waals surface area contributed by atoms with Crippen LogP contribution in [-0.2, 0) is 14.3 Å². The number of hydrogen-bond acceptors (Lipinski definition) is 7. The largest absolute Gasteiger partial charge is 0.492 e. The van der Waals surface area contributed by atoms with Gasteiger partial charge in [-0.1, -0.05) is 5.16 Å². The molecule has 2 aromatic rings. The molecule has 178 valence electrons. The summed E-state index contributed by atoms with van der Waals surface area (Å²) in [4.78, 5) is 26.1. The number of carbonyl (C=O) groups is 2. The highest BCUT2D eigenvalue weighted by Gasteiger charge is 2.30. The Hall–Kier alpha value is -2.87. The van der Waals surface area contributed by atoms with Crippen molar-refractivity contribution in [2.45, 2.75) is 46.0 Å². The van der Waals surface area contributed by atoms with E-state index in [-0.39, 0.29) is 17.8 Å². The molecule has 2 heterocycles. The Morgan fingerprint density at radius 3 is 2.58 bits per heavy atom. The van der Waals surface area contributed by atoms with Crippen molar-refractivity contribution in [1.82, 2.24) is 10.1 Å². The molecule has 8 heteroatoms. The number of rotatable bonds is 9. The van der Waals surface area contributed by atoms with Gasteiger partial charge in [0.15, 0.2) is 0 Å². The fourth-order valence-corrected chi connectivity index (χ4v) is 4.40. The molecule has 2 fully saturated rings. The number of piperidine rings is 1. The van der Waals surface area contributed by atoms with Crippen LogP contribution in [0.4, 0.5) is 5.69 Å². The van der Waals surface area contributed by atoms with Crippen LogP contribution < -0.4 is 10.1 Å². The van der Waals surface area contributed by atoms with E-state index in [4.69, 9.17) is 14.0 Å². The maximum Gasteiger partial charge on any atom is 0.305 e. The van der Waals surface area contributed by atoms with Crippen LogP contribution in [0.2, 0.25) is 0 Å². The van der Waals surface area contributed by atoms with Crippen molar-refractivity contribution < 1.29 is 23.6 Å². The fourth-order valence-electron chi connectivity index (χ4n) is 4.40. The van der Waals surface area contributed by atoms with E-state index in [9.17, 15) is 9.59 Å². The summed E-state index contributed by atoms with van der Waals surface area (Å²) in [5, 5.41) is 7.11. The van der Waals surface area contributed by atoms with E-state index in [2.05, 4.69) is 15.4 Å². The lowest BCUT2D eigenvalue weighted by atomic mass is 9.94. The van der Waals surface area contributed by atoms with Gasteiger partial charge in [-0.3, -0.25) is 14.5 Å². The van der Waals surface area contributed by atoms with Gasteiger partial charge in [0.05, 0.1) is 18.4 Å². The smallest absolute Gasteiger partial charge is 0.305 e. The Balaban J connectivity index is 1.38. The molecule has 1 amide bonds. The normalized spacial score (nSPS) is 17.1. The predicted octanol–water partition coefficient (Wildman–Crippen LogP) is 3.96. The number of methoxy groups -OCH3 is 1. The number of carbonyl (C=O) groups excluding carboxylic acids is 2. The van der Waals surface area contributed by atoms with E-state index in [1.165, 1.54) is 7.11 Å². The zero-order valence-electron chi connectivity index (χ0n) is 19.7. The number of nitrogens with zero attached hydrogens (tertiary/aromatic N) is 2. The molecule has 1 N–H and O–H groups in total. The number of aromatic nitrogens is 1. The number of esters is 1. The Labute approximate surface area is 194 Å². The number of amides is 1. The molecule has 33 heavy (non-hydrogen) atoms. The molecule has 1 aromatic heterocycles. The molecule has 1 aromatic carbocycles. The van der Waals surface area contributed by atoms with E-state index in [0.29, 0.717) is 18.9 Å². The van der Waals surface area contributed by atoms with Crippen molar-refractivity contribution in [3.63, 3.8) is 0 Å². The van der Waals surface area contributed by atoms with Crippen LogP contribution in [0.5, 0.6) is 5.75 Å². The maximum absolute atomic E-state index is 12.2. The second kappa shape index (κ2) is 10.4. The first-order valence-corrected chi connectivity index (χ1v) is 11.7. The molecular formula is C25H33N3O5. The Kier molecular flexibility index (Phi) is 7.33. The van der Waals surface area contributed by atoms with Crippen LogP contribution in [0.3, 0.4) is 0 Å². The average molecular weight is 456 g/mol. The Morgan fingerprint density at radius 2 is 1.94 bits per heavy atom. The van der Waals surface area contributed by atoms with Gasteiger partial charge in [0.25, 0.3) is 0 Å². The third kappa shape index (κ3) is 5.93. The number of benzene rings is 1. The lowest BCUT2D eigenvalue weighted by Crippen LogP contribution is -2.37. The van der Waals surface area contributed by atoms with E-state index < -0.39 is 0 Å². The highest BCUT2D eigenvalue weighted by molar-refractivity contribution is 5.95. The summed E-state index contributed by atoms with van der Waals surface area (Å²) in [5.74, 6) is 1.95. The summed E-state index contributed by atoms with van der Waals surface area (Å²) in [6.45, 7) is 7.05. The number of ether oxygens (including phenoxy) is 2. The summed E-state index contributed by atoms with van der Waals surface area (Å²) in [7, 11) is 1.44. The van der Waals surface area contributed by atoms with Gasteiger partial charge in [0.1, 0.15) is 18.1 Å². The van der Waals surface area contributed by atoms with Gasteiger partial charge in [-0.25, -0.2) is 0 Å². The van der Waals surface area contributed by atoms with E-state index in [0.717, 1.165) is 79.3 Å². The van der Waals surface area contributed by atoms with Crippen molar-refractivity contribution in [1.29, 1.82) is 0 Å². The highest BCUT2D eigenvalue weighted by atomic mass is 16.5. The van der Waals surface area contributed by atoms with Gasteiger partial charge < -0.3 is 19.3 Å². The number of likely N-dealkylation sites (tertiary alicyclic amines) is 1. The van der Waals surface area contributed by atoms with Crippen molar-refractivity contribution in [2.75, 3.05) is 38.7 Å². The zero-order valence-corrected chi connectivity index (χ0v) is 19.7. The minimum absolute atomic E-state index is 0.0731. The average Bonchev–Trinajstić information content (AvgIpc) is 3.61. The second-order valence-corrected chi connectivity index (χ2v) is 9.09. The van der Waals surface area contributed by atoms with Crippen LogP contribution in [0, 0.1) is 25.7 Å². The molecule has 1 aliphatic carbocycles. The number of anilines is 1. The minimum atomic E-state index is -0.125. The van der Waals surface area contributed by atoms with Crippen molar-refractivity contribution in [3.8, 4) is 16.9 Å². The second-order valence-electron chi connectivity index (χ2n) is 9.09. The molecule has 0 radical (unpaired) electrons. The molecule has 1 aliphatic heterocycles. The van der Waals surface area contributed by atoms with Crippen molar-refractivity contribution >= 4 is 17.6 Å². The van der Waals surface area contributed by atoms with Crippen LogP contribution in [0.15, 0.2) is 22.7 Å². The topological polar surface area (TPSA) is 93.9 Å². The first-order valence-electron chi connectivity index (χ1n) is 11.7. The quantitative estimate of drug-likeness (QED) is 0.572. The summed E-state index contributed by atoms with van der Waals surface area (Å²) < 4.78 is 16.4. The van der Waals surface area contributed by atoms with Gasteiger partial charge in [-0.05, 0) is 76.7 Å². The number of aryl methyl sites for hydroxylation is 2. The third-order valence-electron chi connectivity index (χ3n) is 6.55. The number of nitrogens with one attached hydrogen (secondary N) is 1. The van der Waals surface area contributed by atoms with Gasteiger partial charge in [0, 0.05) is 30.1 Å². The molecule has 0 unspecified atom stereocenters. The summed E-state index contributed by atoms with van der Waals surface area (Å²) in [5.41, 5.74) is 3.31. The summed E-state index contributed by atoms with van der Waals surface area (Å²) in [6, 6.07) is 5.74. The van der Waals surface area contributed by atoms with Crippen LogP contribution in [-0.4, -0.2) is 55.3 Å². The third-order valence-corrected chi connectivity index (χ3v) is 6.55. The lowest BCUT2D eigenvalue weighted by molar-refractivity contribution is -0.142. The monoisotopic (exact) mass is 455 g/mol. The zero-order chi connectivity index (χ0) is 23.4. The molecular weight excluding hydrogens is 422 g/mol. The highest BCUT2D eigenvalue weighted by Crippen LogP contribution is 2.37. The van der Waals surface area contributed by atoms with E-state index in [1.54, 1.807) is 0 Å². The Morgan fingerprint density at radius 1 is 1.18 bits per heavy atom. The SMILES string of the molecule is COC(=O)CC1CCN(CCOc2ccc(NC(=O)C3CC3)cc2-c2c(C)noc2C)CC1. The van der Waals surface area contributed by atoms with Gasteiger partial charge in [0.2, 0.25) is 5.91 Å². The van der Waals surface area contributed by atoms with Crippen molar-refractivity contribution in [3.05, 3.63) is 29.7 Å². The van der Waals surface area contributed by atoms with Crippen LogP contribution in [0.25, 0.3) is 11.1 Å². The standard InChI is InChI=1S/C25H33N3O5/c1-16-24(17(2)33-27-16)21-15-20(26-25(30)19-4-5-19)6-7-22(21)32-13-12-28-10-8-18(9-11-28)14-23(29)31-3/h6-7,15,18-19H,4-5,8-14H2,1-3H3,(H,26,30). The van der Waals surface area contributed by atoms with Gasteiger partial charge in [-0.2, -0.15) is 0 Å². The summed E-state index contributed by atoms with van der Waals surface area (Å²) >= 11 is 0. The molecule has 4 rings (SSSR count). The first kappa shape index (κ1) is 23.3. The molecule has 0 spiro atoms. The Bertz CT molecular complexity index is 970. The first-order chi connectivity index (χ1) is 15.9. The van der Waals surface area contributed by atoms with Crippen molar-refractivity contribution in [2.24, 2.45) is 11.8 Å². The molecule has 2 aliphatic rings. The summed E-state index contributed by atoms with van der Waals surface area (Å²) in [6.07, 6.45) is 4.42. The van der Waals surface area contributed by atoms with Crippen LogP contribution >= 0.6 is 0 Å². The van der Waals surface area contributed by atoms with Crippen LogP contribution in [0.1, 0.15) is 43.6 Å². The minimum Gasteiger partial charge on any atom is -0.492 e. The van der Waals surface area contributed by atoms with E-state index >= 15 is 0 Å².